The van der Waals surface area contributed by atoms with Crippen molar-refractivity contribution in [2.24, 2.45) is 4.99 Å². The van der Waals surface area contributed by atoms with Gasteiger partial charge in [0, 0.05) is 32.6 Å². The number of rotatable bonds is 11. The van der Waals surface area contributed by atoms with E-state index in [9.17, 15) is 4.79 Å². The molecule has 0 saturated carbocycles. The standard InChI is InChI=1S/C25H34N4O3/c1-3-26-25(27-14-8-16-29-15-7-11-24(29)30)28-18-21-12-13-22(23(17-21)31-2)32-19-20-9-5-4-6-10-20/h4-6,9-10,12-13,17H,3,7-8,11,14-16,18-19H2,1-2H3,(H2,26,27,28). The van der Waals surface area contributed by atoms with Crippen LogP contribution in [-0.4, -0.2) is 50.1 Å². The summed E-state index contributed by atoms with van der Waals surface area (Å²) in [6.45, 7) is 6.30. The van der Waals surface area contributed by atoms with Gasteiger partial charge in [0.15, 0.2) is 17.5 Å². The lowest BCUT2D eigenvalue weighted by Gasteiger charge is -2.16. The summed E-state index contributed by atoms with van der Waals surface area (Å²) in [5.74, 6) is 2.45. The molecule has 3 rings (SSSR count). The van der Waals surface area contributed by atoms with Gasteiger partial charge in [0.1, 0.15) is 6.61 Å². The fourth-order valence-corrected chi connectivity index (χ4v) is 3.59. The quantitative estimate of drug-likeness (QED) is 0.320. The van der Waals surface area contributed by atoms with Crippen molar-refractivity contribution in [1.82, 2.24) is 15.5 Å². The maximum Gasteiger partial charge on any atom is 0.222 e. The largest absolute Gasteiger partial charge is 0.493 e. The van der Waals surface area contributed by atoms with E-state index < -0.39 is 0 Å². The van der Waals surface area contributed by atoms with E-state index in [1.54, 1.807) is 7.11 Å². The minimum absolute atomic E-state index is 0.274. The van der Waals surface area contributed by atoms with Crippen LogP contribution in [0.1, 0.15) is 37.3 Å². The number of nitrogens with zero attached hydrogens (tertiary/aromatic N) is 2. The number of guanidine groups is 1. The van der Waals surface area contributed by atoms with Gasteiger partial charge in [0.25, 0.3) is 0 Å². The van der Waals surface area contributed by atoms with Crippen molar-refractivity contribution < 1.29 is 14.3 Å². The number of benzene rings is 2. The number of nitrogens with one attached hydrogen (secondary N) is 2. The maximum absolute atomic E-state index is 11.7. The van der Waals surface area contributed by atoms with Crippen LogP contribution in [0.5, 0.6) is 11.5 Å². The molecule has 172 valence electrons. The lowest BCUT2D eigenvalue weighted by atomic mass is 10.2. The van der Waals surface area contributed by atoms with Crippen molar-refractivity contribution in [1.29, 1.82) is 0 Å². The fraction of sp³-hybridized carbons (Fsp3) is 0.440. The molecular weight excluding hydrogens is 404 g/mol. The molecular formula is C25H34N4O3. The van der Waals surface area contributed by atoms with Crippen LogP contribution in [0.2, 0.25) is 0 Å². The first-order valence-electron chi connectivity index (χ1n) is 11.3. The van der Waals surface area contributed by atoms with Crippen LogP contribution in [0.3, 0.4) is 0 Å². The summed E-state index contributed by atoms with van der Waals surface area (Å²) in [4.78, 5) is 18.3. The monoisotopic (exact) mass is 438 g/mol. The van der Waals surface area contributed by atoms with Crippen molar-refractivity contribution in [3.8, 4) is 11.5 Å². The zero-order valence-corrected chi connectivity index (χ0v) is 19.1. The van der Waals surface area contributed by atoms with Gasteiger partial charge in [0.2, 0.25) is 5.91 Å². The SMILES string of the molecule is CCNC(=NCc1ccc(OCc2ccccc2)c(OC)c1)NCCCN1CCCC1=O. The molecule has 1 amide bonds. The second kappa shape index (κ2) is 12.6. The topological polar surface area (TPSA) is 75.2 Å². The van der Waals surface area contributed by atoms with Crippen molar-refractivity contribution in [3.05, 3.63) is 59.7 Å². The van der Waals surface area contributed by atoms with Gasteiger partial charge in [-0.1, -0.05) is 36.4 Å². The number of methoxy groups -OCH3 is 1. The summed E-state index contributed by atoms with van der Waals surface area (Å²) in [6, 6.07) is 16.0. The first-order valence-corrected chi connectivity index (χ1v) is 11.3. The van der Waals surface area contributed by atoms with E-state index in [-0.39, 0.29) is 5.91 Å². The van der Waals surface area contributed by atoms with E-state index >= 15 is 0 Å². The number of ether oxygens (including phenoxy) is 2. The molecule has 1 aliphatic rings. The normalized spacial score (nSPS) is 13.9. The average molecular weight is 439 g/mol. The summed E-state index contributed by atoms with van der Waals surface area (Å²) in [5.41, 5.74) is 2.15. The molecule has 1 aliphatic heterocycles. The van der Waals surface area contributed by atoms with Gasteiger partial charge >= 0.3 is 0 Å². The highest BCUT2D eigenvalue weighted by atomic mass is 16.5. The Morgan fingerprint density at radius 1 is 1.09 bits per heavy atom. The maximum atomic E-state index is 11.7. The fourth-order valence-electron chi connectivity index (χ4n) is 3.59. The van der Waals surface area contributed by atoms with Gasteiger partial charge in [-0.05, 0) is 43.0 Å². The summed E-state index contributed by atoms with van der Waals surface area (Å²) in [5, 5.41) is 6.62. The van der Waals surface area contributed by atoms with E-state index in [0.717, 1.165) is 56.1 Å². The lowest BCUT2D eigenvalue weighted by Crippen LogP contribution is -2.39. The molecule has 2 aromatic carbocycles. The summed E-state index contributed by atoms with van der Waals surface area (Å²) >= 11 is 0. The van der Waals surface area contributed by atoms with E-state index in [4.69, 9.17) is 9.47 Å². The van der Waals surface area contributed by atoms with E-state index in [0.29, 0.717) is 31.1 Å². The van der Waals surface area contributed by atoms with E-state index in [1.165, 1.54) is 0 Å². The Bertz CT molecular complexity index is 886. The van der Waals surface area contributed by atoms with Gasteiger partial charge in [-0.3, -0.25) is 4.79 Å². The molecule has 7 heteroatoms. The molecule has 1 heterocycles. The Kier molecular flexibility index (Phi) is 9.22. The molecule has 1 saturated heterocycles. The number of carbonyl (C=O) groups excluding carboxylic acids is 1. The molecule has 0 radical (unpaired) electrons. The molecule has 0 bridgehead atoms. The lowest BCUT2D eigenvalue weighted by molar-refractivity contribution is -0.127. The first-order chi connectivity index (χ1) is 15.7. The van der Waals surface area contributed by atoms with Gasteiger partial charge in [-0.25, -0.2) is 4.99 Å². The van der Waals surface area contributed by atoms with Gasteiger partial charge in [0.05, 0.1) is 13.7 Å². The Morgan fingerprint density at radius 2 is 1.94 bits per heavy atom. The van der Waals surface area contributed by atoms with Crippen LogP contribution >= 0.6 is 0 Å². The summed E-state index contributed by atoms with van der Waals surface area (Å²) < 4.78 is 11.5. The molecule has 0 atom stereocenters. The Hall–Kier alpha value is -3.22. The number of carbonyl (C=O) groups is 1. The van der Waals surface area contributed by atoms with Gasteiger partial charge < -0.3 is 25.0 Å². The van der Waals surface area contributed by atoms with Crippen LogP contribution in [0.15, 0.2) is 53.5 Å². The van der Waals surface area contributed by atoms with Crippen LogP contribution < -0.4 is 20.1 Å². The third kappa shape index (κ3) is 7.18. The zero-order valence-electron chi connectivity index (χ0n) is 19.1. The Labute approximate surface area is 190 Å². The molecule has 1 fully saturated rings. The molecule has 0 aromatic heterocycles. The Balaban J connectivity index is 1.51. The van der Waals surface area contributed by atoms with E-state index in [2.05, 4.69) is 15.6 Å². The zero-order chi connectivity index (χ0) is 22.6. The van der Waals surface area contributed by atoms with Crippen molar-refractivity contribution in [2.45, 2.75) is 39.3 Å². The molecule has 0 unspecified atom stereocenters. The molecule has 2 aromatic rings. The minimum Gasteiger partial charge on any atom is -0.493 e. The summed E-state index contributed by atoms with van der Waals surface area (Å²) in [6.07, 6.45) is 2.57. The highest BCUT2D eigenvalue weighted by Gasteiger charge is 2.18. The predicted octanol–water partition coefficient (Wildman–Crippen LogP) is 3.34. The number of aliphatic imine (C=N–C) groups is 1. The number of likely N-dealkylation sites (tertiary alicyclic amines) is 1. The molecule has 32 heavy (non-hydrogen) atoms. The van der Waals surface area contributed by atoms with Crippen molar-refractivity contribution in [3.63, 3.8) is 0 Å². The average Bonchev–Trinajstić information content (AvgIpc) is 3.24. The number of hydrogen-bond donors (Lipinski definition) is 2. The third-order valence-corrected chi connectivity index (χ3v) is 5.30. The highest BCUT2D eigenvalue weighted by Crippen LogP contribution is 2.29. The second-order valence-electron chi connectivity index (χ2n) is 7.72. The minimum atomic E-state index is 0.274. The second-order valence-corrected chi connectivity index (χ2v) is 7.72. The van der Waals surface area contributed by atoms with Crippen LogP contribution in [0.25, 0.3) is 0 Å². The van der Waals surface area contributed by atoms with Crippen LogP contribution in [0, 0.1) is 0 Å². The number of amides is 1. The predicted molar refractivity (Wildman–Crippen MR) is 127 cm³/mol. The Morgan fingerprint density at radius 3 is 2.66 bits per heavy atom. The van der Waals surface area contributed by atoms with E-state index in [1.807, 2.05) is 60.4 Å². The molecule has 2 N–H and O–H groups in total. The van der Waals surface area contributed by atoms with Gasteiger partial charge in [-0.15, -0.1) is 0 Å². The molecule has 7 nitrogen and oxygen atoms in total. The number of hydrogen-bond acceptors (Lipinski definition) is 4. The first kappa shape index (κ1) is 23.4. The highest BCUT2D eigenvalue weighted by molar-refractivity contribution is 5.80. The molecule has 0 spiro atoms. The smallest absolute Gasteiger partial charge is 0.222 e. The van der Waals surface area contributed by atoms with Gasteiger partial charge in [-0.2, -0.15) is 0 Å². The third-order valence-electron chi connectivity index (χ3n) is 5.30. The molecule has 0 aliphatic carbocycles. The van der Waals surface area contributed by atoms with Crippen LogP contribution in [-0.2, 0) is 17.9 Å². The van der Waals surface area contributed by atoms with Crippen molar-refractivity contribution in [2.75, 3.05) is 33.3 Å². The van der Waals surface area contributed by atoms with Crippen LogP contribution in [0.4, 0.5) is 0 Å². The summed E-state index contributed by atoms with van der Waals surface area (Å²) in [7, 11) is 1.65. The van der Waals surface area contributed by atoms with Crippen molar-refractivity contribution >= 4 is 11.9 Å².